The maximum atomic E-state index is 3.67. The lowest BCUT2D eigenvalue weighted by Crippen LogP contribution is -1.94. The van der Waals surface area contributed by atoms with E-state index in [2.05, 4.69) is 39.5 Å². The molecule has 2 aliphatic rings. The molecular formula is C13H18. The molecule has 13 heavy (non-hydrogen) atoms. The molecule has 2 aliphatic carbocycles. The van der Waals surface area contributed by atoms with Crippen LogP contribution in [0.5, 0.6) is 0 Å². The quantitative estimate of drug-likeness (QED) is 0.453. The van der Waals surface area contributed by atoms with Gasteiger partial charge < -0.3 is 0 Å². The van der Waals surface area contributed by atoms with Gasteiger partial charge in [0.15, 0.2) is 0 Å². The van der Waals surface area contributed by atoms with E-state index in [0.717, 1.165) is 11.8 Å². The Morgan fingerprint density at radius 2 is 2.15 bits per heavy atom. The summed E-state index contributed by atoms with van der Waals surface area (Å²) in [6.45, 7) is 10.6. The van der Waals surface area contributed by atoms with E-state index >= 15 is 0 Å². The second-order valence-electron chi connectivity index (χ2n) is 4.65. The molecule has 0 amide bonds. The maximum absolute atomic E-state index is 3.67. The van der Waals surface area contributed by atoms with Gasteiger partial charge in [-0.1, -0.05) is 57.2 Å². The Kier molecular flexibility index (Phi) is 1.76. The Bertz CT molecular complexity index is 295. The lowest BCUT2D eigenvalue weighted by atomic mass is 10.0. The first-order valence-corrected chi connectivity index (χ1v) is 5.13. The SMILES string of the molecule is C=CC=CC(C)C=C1C2C(C)C12C. The molecular weight excluding hydrogens is 156 g/mol. The Balaban J connectivity index is 1.94. The van der Waals surface area contributed by atoms with Crippen molar-refractivity contribution in [3.05, 3.63) is 36.5 Å². The molecule has 0 spiro atoms. The van der Waals surface area contributed by atoms with E-state index in [1.165, 1.54) is 0 Å². The number of rotatable bonds is 3. The first-order valence-electron chi connectivity index (χ1n) is 5.13. The molecule has 4 atom stereocenters. The summed E-state index contributed by atoms with van der Waals surface area (Å²) in [6, 6.07) is 0. The molecule has 0 heteroatoms. The molecule has 2 rings (SSSR count). The van der Waals surface area contributed by atoms with Crippen LogP contribution in [0, 0.1) is 23.2 Å². The normalized spacial score (nSPS) is 46.2. The van der Waals surface area contributed by atoms with Gasteiger partial charge in [-0.25, -0.2) is 0 Å². The molecule has 0 heterocycles. The molecule has 4 unspecified atom stereocenters. The van der Waals surface area contributed by atoms with Crippen molar-refractivity contribution in [1.82, 2.24) is 0 Å². The summed E-state index contributed by atoms with van der Waals surface area (Å²) < 4.78 is 0. The maximum Gasteiger partial charge on any atom is -0.00129 e. The summed E-state index contributed by atoms with van der Waals surface area (Å²) in [4.78, 5) is 0. The number of hydrogen-bond donors (Lipinski definition) is 0. The van der Waals surface area contributed by atoms with Crippen molar-refractivity contribution in [2.45, 2.75) is 20.8 Å². The molecule has 0 radical (unpaired) electrons. The first kappa shape index (κ1) is 8.80. The zero-order valence-electron chi connectivity index (χ0n) is 8.75. The minimum Gasteiger partial charge on any atom is -0.0991 e. The Morgan fingerprint density at radius 1 is 1.54 bits per heavy atom. The van der Waals surface area contributed by atoms with Gasteiger partial charge in [-0.15, -0.1) is 0 Å². The van der Waals surface area contributed by atoms with Crippen LogP contribution in [0.25, 0.3) is 0 Å². The molecule has 0 N–H and O–H groups in total. The summed E-state index contributed by atoms with van der Waals surface area (Å²) in [6.07, 6.45) is 8.49. The zero-order valence-corrected chi connectivity index (χ0v) is 8.75. The van der Waals surface area contributed by atoms with Crippen molar-refractivity contribution >= 4 is 0 Å². The molecule has 0 nitrogen and oxygen atoms in total. The monoisotopic (exact) mass is 174 g/mol. The highest BCUT2D eigenvalue weighted by molar-refractivity contribution is 5.52. The van der Waals surface area contributed by atoms with Crippen LogP contribution in [0.4, 0.5) is 0 Å². The first-order chi connectivity index (χ1) is 6.12. The van der Waals surface area contributed by atoms with E-state index in [1.54, 1.807) is 5.57 Å². The highest BCUT2D eigenvalue weighted by Gasteiger charge is 2.77. The summed E-state index contributed by atoms with van der Waals surface area (Å²) in [7, 11) is 0. The standard InChI is InChI=1S/C13H18/c1-5-6-7-9(2)8-11-12-10(3)13(11,12)4/h5-10,12H,1H2,2-4H3. The molecule has 0 aromatic heterocycles. The lowest BCUT2D eigenvalue weighted by Gasteiger charge is -2.05. The van der Waals surface area contributed by atoms with Crippen LogP contribution in [0.2, 0.25) is 0 Å². The molecule has 0 aromatic carbocycles. The van der Waals surface area contributed by atoms with Crippen molar-refractivity contribution in [2.24, 2.45) is 23.2 Å². The smallest absolute Gasteiger partial charge is 0.00129 e. The van der Waals surface area contributed by atoms with Gasteiger partial charge in [-0.2, -0.15) is 0 Å². The lowest BCUT2D eigenvalue weighted by molar-refractivity contribution is 0.647. The molecule has 0 saturated heterocycles. The molecule has 2 saturated carbocycles. The highest BCUT2D eigenvalue weighted by Crippen LogP contribution is 2.83. The third kappa shape index (κ3) is 1.12. The van der Waals surface area contributed by atoms with Crippen LogP contribution in [-0.2, 0) is 0 Å². The number of hydrogen-bond acceptors (Lipinski definition) is 0. The van der Waals surface area contributed by atoms with Crippen LogP contribution in [-0.4, -0.2) is 0 Å². The molecule has 0 aromatic rings. The van der Waals surface area contributed by atoms with Crippen molar-refractivity contribution in [2.75, 3.05) is 0 Å². The van der Waals surface area contributed by atoms with Gasteiger partial charge in [0, 0.05) is 0 Å². The Labute approximate surface area is 81.0 Å². The van der Waals surface area contributed by atoms with Gasteiger partial charge >= 0.3 is 0 Å². The summed E-state index contributed by atoms with van der Waals surface area (Å²) in [5, 5.41) is 0. The number of fused-ring (bicyclic) bond motifs is 1. The van der Waals surface area contributed by atoms with Gasteiger partial charge in [0.25, 0.3) is 0 Å². The van der Waals surface area contributed by atoms with Crippen LogP contribution < -0.4 is 0 Å². The van der Waals surface area contributed by atoms with Gasteiger partial charge in [-0.05, 0) is 23.2 Å². The Morgan fingerprint density at radius 3 is 2.62 bits per heavy atom. The highest BCUT2D eigenvalue weighted by atomic mass is 14.8. The molecule has 0 bridgehead atoms. The van der Waals surface area contributed by atoms with E-state index in [1.807, 2.05) is 12.2 Å². The summed E-state index contributed by atoms with van der Waals surface area (Å²) in [5.74, 6) is 2.46. The Hall–Kier alpha value is -0.780. The molecule has 0 aliphatic heterocycles. The molecule has 2 fully saturated rings. The predicted molar refractivity (Wildman–Crippen MR) is 57.3 cm³/mol. The third-order valence-electron chi connectivity index (χ3n) is 3.85. The fourth-order valence-electron chi connectivity index (χ4n) is 2.55. The average molecular weight is 174 g/mol. The van der Waals surface area contributed by atoms with Crippen LogP contribution >= 0.6 is 0 Å². The topological polar surface area (TPSA) is 0 Å². The van der Waals surface area contributed by atoms with E-state index in [-0.39, 0.29) is 0 Å². The fourth-order valence-corrected chi connectivity index (χ4v) is 2.55. The second kappa shape index (κ2) is 2.60. The van der Waals surface area contributed by atoms with E-state index in [9.17, 15) is 0 Å². The van der Waals surface area contributed by atoms with Gasteiger partial charge in [0.1, 0.15) is 0 Å². The second-order valence-corrected chi connectivity index (χ2v) is 4.65. The van der Waals surface area contributed by atoms with Crippen molar-refractivity contribution in [3.8, 4) is 0 Å². The molecule has 70 valence electrons. The van der Waals surface area contributed by atoms with Gasteiger partial charge in [-0.3, -0.25) is 0 Å². The van der Waals surface area contributed by atoms with Crippen molar-refractivity contribution in [1.29, 1.82) is 0 Å². The van der Waals surface area contributed by atoms with E-state index in [0.29, 0.717) is 11.3 Å². The zero-order chi connectivity index (χ0) is 9.64. The van der Waals surface area contributed by atoms with E-state index in [4.69, 9.17) is 0 Å². The fraction of sp³-hybridized carbons (Fsp3) is 0.538. The van der Waals surface area contributed by atoms with E-state index < -0.39 is 0 Å². The minimum atomic E-state index is 0.574. The third-order valence-corrected chi connectivity index (χ3v) is 3.85. The van der Waals surface area contributed by atoms with Crippen molar-refractivity contribution < 1.29 is 0 Å². The van der Waals surface area contributed by atoms with Gasteiger partial charge in [0.05, 0.1) is 0 Å². The van der Waals surface area contributed by atoms with Gasteiger partial charge in [0.2, 0.25) is 0 Å². The summed E-state index contributed by atoms with van der Waals surface area (Å²) in [5.41, 5.74) is 2.32. The minimum absolute atomic E-state index is 0.574. The van der Waals surface area contributed by atoms with Crippen LogP contribution in [0.15, 0.2) is 36.5 Å². The van der Waals surface area contributed by atoms with Crippen molar-refractivity contribution in [3.63, 3.8) is 0 Å². The summed E-state index contributed by atoms with van der Waals surface area (Å²) >= 11 is 0. The largest absolute Gasteiger partial charge is 0.0991 e. The average Bonchev–Trinajstić information content (AvgIpc) is 2.88. The van der Waals surface area contributed by atoms with Crippen LogP contribution in [0.3, 0.4) is 0 Å². The predicted octanol–water partition coefficient (Wildman–Crippen LogP) is 3.58. The van der Waals surface area contributed by atoms with Crippen LogP contribution in [0.1, 0.15) is 20.8 Å². The number of allylic oxidation sites excluding steroid dienone is 5.